The predicted molar refractivity (Wildman–Crippen MR) is 50.5 cm³/mol. The number of hydrogen-bond acceptors (Lipinski definition) is 3. The van der Waals surface area contributed by atoms with Crippen LogP contribution in [0.3, 0.4) is 0 Å². The smallest absolute Gasteiger partial charge is 0.407 e. The topological polar surface area (TPSA) is 77.8 Å². The molecule has 0 bridgehead atoms. The molecule has 0 aromatic rings. The van der Waals surface area contributed by atoms with Gasteiger partial charge in [-0.25, -0.2) is 4.79 Å². The van der Waals surface area contributed by atoms with Gasteiger partial charge in [-0.05, 0) is 6.42 Å². The second kappa shape index (κ2) is 3.05. The first-order valence-corrected chi connectivity index (χ1v) is 5.36. The molecule has 2 N–H and O–H groups in total. The second-order valence-corrected chi connectivity index (χ2v) is 5.36. The molecule has 6 heteroatoms. The quantitative estimate of drug-likeness (QED) is 0.671. The van der Waals surface area contributed by atoms with Crippen LogP contribution < -0.4 is 0 Å². The Hall–Kier alpha value is -0.910. The van der Waals surface area contributed by atoms with Gasteiger partial charge in [0, 0.05) is 18.8 Å². The van der Waals surface area contributed by atoms with Gasteiger partial charge >= 0.3 is 12.1 Å². The Bertz CT molecular complexity index is 287. The number of hydrogen-bond donors (Lipinski definition) is 2. The highest BCUT2D eigenvalue weighted by Crippen LogP contribution is 2.47. The van der Waals surface area contributed by atoms with E-state index in [1.54, 1.807) is 11.8 Å². The van der Waals surface area contributed by atoms with E-state index in [1.807, 2.05) is 0 Å². The van der Waals surface area contributed by atoms with Crippen LogP contribution in [0.2, 0.25) is 0 Å². The molecule has 2 rings (SSSR count). The van der Waals surface area contributed by atoms with Crippen LogP contribution in [0.4, 0.5) is 4.79 Å². The van der Waals surface area contributed by atoms with Gasteiger partial charge in [0.1, 0.15) is 0 Å². The molecule has 0 aromatic heterocycles. The summed E-state index contributed by atoms with van der Waals surface area (Å²) >= 11 is 1.60. The molecule has 1 amide bonds. The van der Waals surface area contributed by atoms with Gasteiger partial charge in [0.15, 0.2) is 0 Å². The fourth-order valence-corrected chi connectivity index (χ4v) is 3.64. The first kappa shape index (κ1) is 9.64. The van der Waals surface area contributed by atoms with Crippen molar-refractivity contribution in [2.75, 3.05) is 18.8 Å². The molecule has 2 fully saturated rings. The summed E-state index contributed by atoms with van der Waals surface area (Å²) in [5, 5.41) is 17.4. The van der Waals surface area contributed by atoms with Crippen molar-refractivity contribution in [1.29, 1.82) is 0 Å². The van der Waals surface area contributed by atoms with E-state index < -0.39 is 12.1 Å². The Kier molecular flexibility index (Phi) is 2.10. The largest absolute Gasteiger partial charge is 0.481 e. The van der Waals surface area contributed by atoms with Gasteiger partial charge in [0.2, 0.25) is 0 Å². The summed E-state index contributed by atoms with van der Waals surface area (Å²) in [6.45, 7) is 0.966. The highest BCUT2D eigenvalue weighted by atomic mass is 32.2. The van der Waals surface area contributed by atoms with Crippen molar-refractivity contribution in [3.05, 3.63) is 0 Å². The maximum Gasteiger partial charge on any atom is 0.407 e. The summed E-state index contributed by atoms with van der Waals surface area (Å²) in [6.07, 6.45) is -0.299. The van der Waals surface area contributed by atoms with Crippen LogP contribution in [0.25, 0.3) is 0 Å². The predicted octanol–water partition coefficient (Wildman–Crippen LogP) is 0.557. The zero-order valence-electron chi connectivity index (χ0n) is 7.47. The van der Waals surface area contributed by atoms with Crippen molar-refractivity contribution in [2.45, 2.75) is 11.2 Å². The lowest BCUT2D eigenvalue weighted by atomic mass is 9.89. The minimum Gasteiger partial charge on any atom is -0.481 e. The van der Waals surface area contributed by atoms with Crippen molar-refractivity contribution in [3.8, 4) is 0 Å². The Balaban J connectivity index is 1.91. The lowest BCUT2D eigenvalue weighted by molar-refractivity contribution is -0.141. The summed E-state index contributed by atoms with van der Waals surface area (Å²) in [5.74, 6) is -0.443. The number of carboxylic acids is 1. The van der Waals surface area contributed by atoms with Crippen LogP contribution in [0, 0.1) is 5.92 Å². The first-order valence-electron chi connectivity index (χ1n) is 4.37. The van der Waals surface area contributed by atoms with Gasteiger partial charge in [-0.1, -0.05) is 0 Å². The van der Waals surface area contributed by atoms with Gasteiger partial charge in [-0.3, -0.25) is 4.79 Å². The summed E-state index contributed by atoms with van der Waals surface area (Å²) in [4.78, 5) is 22.6. The molecule has 1 unspecified atom stereocenters. The lowest BCUT2D eigenvalue weighted by Crippen LogP contribution is -2.60. The summed E-state index contributed by atoms with van der Waals surface area (Å²) in [7, 11) is 0. The third-order valence-corrected chi connectivity index (χ3v) is 4.39. The molecule has 1 atom stereocenters. The molecule has 14 heavy (non-hydrogen) atoms. The molecule has 0 radical (unpaired) electrons. The maximum absolute atomic E-state index is 10.7. The SMILES string of the molecule is O=C(O)C1CSC2(C1)CN(C(=O)O)C2. The number of carbonyl (C=O) groups is 2. The third-order valence-electron chi connectivity index (χ3n) is 2.79. The second-order valence-electron chi connectivity index (χ2n) is 3.87. The molecule has 0 saturated carbocycles. The standard InChI is InChI=1S/C8H11NO4S/c10-6(11)5-1-8(14-2-5)3-9(4-8)7(12)13/h5H,1-4H2,(H,10,11)(H,12,13). The molecular weight excluding hydrogens is 206 g/mol. The monoisotopic (exact) mass is 217 g/mol. The number of rotatable bonds is 1. The molecule has 78 valence electrons. The molecule has 1 spiro atoms. The molecule has 5 nitrogen and oxygen atoms in total. The molecular formula is C8H11NO4S. The fraction of sp³-hybridized carbons (Fsp3) is 0.750. The zero-order valence-corrected chi connectivity index (χ0v) is 8.29. The van der Waals surface area contributed by atoms with E-state index in [9.17, 15) is 9.59 Å². The number of aliphatic carboxylic acids is 1. The third kappa shape index (κ3) is 1.43. The molecule has 0 aliphatic carbocycles. The van der Waals surface area contributed by atoms with Crippen LogP contribution in [0.5, 0.6) is 0 Å². The number of amides is 1. The van der Waals surface area contributed by atoms with Crippen molar-refractivity contribution in [1.82, 2.24) is 4.90 Å². The van der Waals surface area contributed by atoms with E-state index in [1.165, 1.54) is 4.90 Å². The van der Waals surface area contributed by atoms with Crippen LogP contribution in [0.1, 0.15) is 6.42 Å². The van der Waals surface area contributed by atoms with E-state index in [0.717, 1.165) is 0 Å². The Labute approximate surface area is 85.1 Å². The summed E-state index contributed by atoms with van der Waals surface area (Å²) < 4.78 is -0.0958. The van der Waals surface area contributed by atoms with Crippen molar-refractivity contribution < 1.29 is 19.8 Å². The average molecular weight is 217 g/mol. The minimum atomic E-state index is -0.907. The maximum atomic E-state index is 10.7. The van der Waals surface area contributed by atoms with Gasteiger partial charge < -0.3 is 15.1 Å². The van der Waals surface area contributed by atoms with Crippen LogP contribution in [-0.2, 0) is 4.79 Å². The zero-order chi connectivity index (χ0) is 10.3. The highest BCUT2D eigenvalue weighted by Gasteiger charge is 2.52. The number of carboxylic acid groups (broad SMARTS) is 2. The molecule has 2 aliphatic rings. The van der Waals surface area contributed by atoms with Gasteiger partial charge in [-0.2, -0.15) is 11.8 Å². The van der Waals surface area contributed by atoms with Crippen LogP contribution >= 0.6 is 11.8 Å². The fourth-order valence-electron chi connectivity index (χ4n) is 2.01. The van der Waals surface area contributed by atoms with Gasteiger partial charge in [-0.15, -0.1) is 0 Å². The van der Waals surface area contributed by atoms with Crippen molar-refractivity contribution in [2.24, 2.45) is 5.92 Å². The Morgan fingerprint density at radius 3 is 2.43 bits per heavy atom. The van der Waals surface area contributed by atoms with Crippen molar-refractivity contribution in [3.63, 3.8) is 0 Å². The summed E-state index contributed by atoms with van der Waals surface area (Å²) in [6, 6.07) is 0. The summed E-state index contributed by atoms with van der Waals surface area (Å²) in [5.41, 5.74) is 0. The number of thioether (sulfide) groups is 1. The van der Waals surface area contributed by atoms with Crippen LogP contribution in [-0.4, -0.2) is 50.8 Å². The molecule has 2 heterocycles. The highest BCUT2D eigenvalue weighted by molar-refractivity contribution is 8.01. The van der Waals surface area contributed by atoms with E-state index >= 15 is 0 Å². The van der Waals surface area contributed by atoms with E-state index in [-0.39, 0.29) is 10.7 Å². The molecule has 0 aromatic carbocycles. The lowest BCUT2D eigenvalue weighted by Gasteiger charge is -2.45. The van der Waals surface area contributed by atoms with Gasteiger partial charge in [0.25, 0.3) is 0 Å². The van der Waals surface area contributed by atoms with Gasteiger partial charge in [0.05, 0.1) is 10.7 Å². The number of likely N-dealkylation sites (tertiary alicyclic amines) is 1. The number of nitrogens with zero attached hydrogens (tertiary/aromatic N) is 1. The van der Waals surface area contributed by atoms with E-state index in [0.29, 0.717) is 25.3 Å². The minimum absolute atomic E-state index is 0.0958. The van der Waals surface area contributed by atoms with Crippen LogP contribution in [0.15, 0.2) is 0 Å². The first-order chi connectivity index (χ1) is 6.52. The average Bonchev–Trinajstić information content (AvgIpc) is 2.44. The van der Waals surface area contributed by atoms with E-state index in [4.69, 9.17) is 10.2 Å². The molecule has 2 aliphatic heterocycles. The molecule has 2 saturated heterocycles. The Morgan fingerprint density at radius 1 is 1.36 bits per heavy atom. The van der Waals surface area contributed by atoms with Crippen molar-refractivity contribution >= 4 is 23.8 Å². The normalized spacial score (nSPS) is 28.9. The van der Waals surface area contributed by atoms with E-state index in [2.05, 4.69) is 0 Å². The Morgan fingerprint density at radius 2 is 2.00 bits per heavy atom.